The summed E-state index contributed by atoms with van der Waals surface area (Å²) >= 11 is 1.75. The van der Waals surface area contributed by atoms with E-state index in [9.17, 15) is 0 Å². The van der Waals surface area contributed by atoms with E-state index in [1.165, 1.54) is 27.1 Å². The zero-order valence-corrected chi connectivity index (χ0v) is 13.3. The van der Waals surface area contributed by atoms with Crippen LogP contribution in [0, 0.1) is 0 Å². The Hall–Kier alpha value is -1.93. The molecule has 0 saturated heterocycles. The standard InChI is InChI=1S/C19H19NS/c1-3-14-5-9-16(10-6-14)18-13-20-19(21-18)17-11-7-15(4-2)8-12-17/h5-13H,3-4H2,1-2H3. The van der Waals surface area contributed by atoms with Gasteiger partial charge >= 0.3 is 0 Å². The van der Waals surface area contributed by atoms with Crippen molar-refractivity contribution in [2.45, 2.75) is 26.7 Å². The van der Waals surface area contributed by atoms with Crippen molar-refractivity contribution in [2.75, 3.05) is 0 Å². The van der Waals surface area contributed by atoms with Crippen LogP contribution < -0.4 is 0 Å². The summed E-state index contributed by atoms with van der Waals surface area (Å²) in [5, 5.41) is 1.09. The fourth-order valence-corrected chi connectivity index (χ4v) is 3.26. The number of hydrogen-bond donors (Lipinski definition) is 0. The van der Waals surface area contributed by atoms with Gasteiger partial charge in [-0.25, -0.2) is 4.98 Å². The van der Waals surface area contributed by atoms with Crippen LogP contribution in [0.25, 0.3) is 21.0 Å². The van der Waals surface area contributed by atoms with Crippen molar-refractivity contribution in [3.63, 3.8) is 0 Å². The minimum absolute atomic E-state index is 1.08. The predicted molar refractivity (Wildman–Crippen MR) is 91.7 cm³/mol. The van der Waals surface area contributed by atoms with Gasteiger partial charge in [0.2, 0.25) is 0 Å². The lowest BCUT2D eigenvalue weighted by Gasteiger charge is -2.00. The molecule has 0 saturated carbocycles. The second kappa shape index (κ2) is 6.23. The Balaban J connectivity index is 1.87. The van der Waals surface area contributed by atoms with E-state index in [0.717, 1.165) is 17.8 Å². The predicted octanol–water partition coefficient (Wildman–Crippen LogP) is 5.60. The molecule has 3 rings (SSSR count). The van der Waals surface area contributed by atoms with Crippen molar-refractivity contribution < 1.29 is 0 Å². The van der Waals surface area contributed by atoms with Gasteiger partial charge in [-0.05, 0) is 29.5 Å². The molecule has 0 N–H and O–H groups in total. The molecule has 1 nitrogen and oxygen atoms in total. The van der Waals surface area contributed by atoms with Crippen LogP contribution in [0.3, 0.4) is 0 Å². The zero-order valence-electron chi connectivity index (χ0n) is 12.5. The Bertz CT molecular complexity index is 646. The number of benzene rings is 2. The molecule has 106 valence electrons. The van der Waals surface area contributed by atoms with Crippen molar-refractivity contribution in [1.29, 1.82) is 0 Å². The number of nitrogens with zero attached hydrogens (tertiary/aromatic N) is 1. The van der Waals surface area contributed by atoms with Gasteiger partial charge in [0, 0.05) is 11.8 Å². The average molecular weight is 293 g/mol. The normalized spacial score (nSPS) is 10.8. The second-order valence-electron chi connectivity index (χ2n) is 5.13. The van der Waals surface area contributed by atoms with E-state index in [4.69, 9.17) is 0 Å². The molecule has 0 fully saturated rings. The highest BCUT2D eigenvalue weighted by molar-refractivity contribution is 7.18. The summed E-state index contributed by atoms with van der Waals surface area (Å²) in [5.74, 6) is 0. The lowest BCUT2D eigenvalue weighted by Crippen LogP contribution is -1.80. The van der Waals surface area contributed by atoms with E-state index in [2.05, 4.69) is 67.4 Å². The van der Waals surface area contributed by atoms with Crippen molar-refractivity contribution in [1.82, 2.24) is 4.98 Å². The quantitative estimate of drug-likeness (QED) is 0.610. The number of aromatic nitrogens is 1. The molecular weight excluding hydrogens is 274 g/mol. The third-order valence-electron chi connectivity index (χ3n) is 3.76. The first-order chi connectivity index (χ1) is 10.3. The van der Waals surface area contributed by atoms with Gasteiger partial charge in [0.1, 0.15) is 5.01 Å². The van der Waals surface area contributed by atoms with Crippen LogP contribution >= 0.6 is 11.3 Å². The molecule has 3 aromatic rings. The van der Waals surface area contributed by atoms with E-state index in [1.54, 1.807) is 11.3 Å². The third kappa shape index (κ3) is 3.06. The second-order valence-corrected chi connectivity index (χ2v) is 6.16. The Morgan fingerprint density at radius 3 is 1.81 bits per heavy atom. The van der Waals surface area contributed by atoms with Gasteiger partial charge in [-0.1, -0.05) is 62.4 Å². The lowest BCUT2D eigenvalue weighted by molar-refractivity contribution is 1.14. The summed E-state index contributed by atoms with van der Waals surface area (Å²) in [6.07, 6.45) is 4.14. The topological polar surface area (TPSA) is 12.9 Å². The largest absolute Gasteiger partial charge is 0.244 e. The van der Waals surface area contributed by atoms with E-state index in [0.29, 0.717) is 0 Å². The minimum atomic E-state index is 1.08. The molecule has 0 amide bonds. The summed E-state index contributed by atoms with van der Waals surface area (Å²) < 4.78 is 0. The minimum Gasteiger partial charge on any atom is -0.244 e. The molecule has 2 aromatic carbocycles. The summed E-state index contributed by atoms with van der Waals surface area (Å²) in [4.78, 5) is 5.81. The first-order valence-corrected chi connectivity index (χ1v) is 8.26. The van der Waals surface area contributed by atoms with Gasteiger partial charge < -0.3 is 0 Å². The van der Waals surface area contributed by atoms with E-state index in [-0.39, 0.29) is 0 Å². The van der Waals surface area contributed by atoms with Gasteiger partial charge in [0.25, 0.3) is 0 Å². The smallest absolute Gasteiger partial charge is 0.123 e. The van der Waals surface area contributed by atoms with E-state index < -0.39 is 0 Å². The molecule has 0 unspecified atom stereocenters. The highest BCUT2D eigenvalue weighted by Gasteiger charge is 2.06. The van der Waals surface area contributed by atoms with E-state index >= 15 is 0 Å². The molecule has 0 aliphatic heterocycles. The molecule has 2 heteroatoms. The summed E-state index contributed by atoms with van der Waals surface area (Å²) in [6, 6.07) is 17.5. The molecular formula is C19H19NS. The van der Waals surface area contributed by atoms with Gasteiger partial charge in [0.05, 0.1) is 4.88 Å². The van der Waals surface area contributed by atoms with Crippen LogP contribution in [0.5, 0.6) is 0 Å². The maximum atomic E-state index is 4.58. The van der Waals surface area contributed by atoms with Gasteiger partial charge in [-0.2, -0.15) is 0 Å². The van der Waals surface area contributed by atoms with Crippen LogP contribution in [-0.4, -0.2) is 4.98 Å². The zero-order chi connectivity index (χ0) is 14.7. The van der Waals surface area contributed by atoms with Crippen LogP contribution in [0.15, 0.2) is 54.7 Å². The first kappa shape index (κ1) is 14.0. The van der Waals surface area contributed by atoms with Crippen molar-refractivity contribution in [3.05, 3.63) is 65.9 Å². The Morgan fingerprint density at radius 2 is 1.29 bits per heavy atom. The SMILES string of the molecule is CCc1ccc(-c2cnc(-c3ccc(CC)cc3)s2)cc1. The van der Waals surface area contributed by atoms with Crippen molar-refractivity contribution in [2.24, 2.45) is 0 Å². The number of thiazole rings is 1. The maximum absolute atomic E-state index is 4.58. The Morgan fingerprint density at radius 1 is 0.762 bits per heavy atom. The third-order valence-corrected chi connectivity index (χ3v) is 4.86. The molecule has 1 heterocycles. The van der Waals surface area contributed by atoms with Gasteiger partial charge in [-0.3, -0.25) is 0 Å². The average Bonchev–Trinajstić information content (AvgIpc) is 3.05. The van der Waals surface area contributed by atoms with Crippen LogP contribution in [-0.2, 0) is 12.8 Å². The number of hydrogen-bond acceptors (Lipinski definition) is 2. The molecule has 0 aliphatic carbocycles. The summed E-state index contributed by atoms with van der Waals surface area (Å²) in [5.41, 5.74) is 5.19. The Labute approximate surface area is 130 Å². The fourth-order valence-electron chi connectivity index (χ4n) is 2.33. The lowest BCUT2D eigenvalue weighted by atomic mass is 10.1. The maximum Gasteiger partial charge on any atom is 0.123 e. The van der Waals surface area contributed by atoms with Crippen LogP contribution in [0.2, 0.25) is 0 Å². The Kier molecular flexibility index (Phi) is 4.16. The van der Waals surface area contributed by atoms with E-state index in [1.807, 2.05) is 6.20 Å². The molecule has 1 aromatic heterocycles. The van der Waals surface area contributed by atoms with Crippen LogP contribution in [0.1, 0.15) is 25.0 Å². The monoisotopic (exact) mass is 293 g/mol. The van der Waals surface area contributed by atoms with Crippen molar-refractivity contribution >= 4 is 11.3 Å². The number of rotatable bonds is 4. The van der Waals surface area contributed by atoms with Gasteiger partial charge in [-0.15, -0.1) is 11.3 Å². The molecule has 21 heavy (non-hydrogen) atoms. The van der Waals surface area contributed by atoms with Crippen LogP contribution in [0.4, 0.5) is 0 Å². The highest BCUT2D eigenvalue weighted by atomic mass is 32.1. The number of aryl methyl sites for hydroxylation is 2. The summed E-state index contributed by atoms with van der Waals surface area (Å²) in [7, 11) is 0. The van der Waals surface area contributed by atoms with Gasteiger partial charge in [0.15, 0.2) is 0 Å². The summed E-state index contributed by atoms with van der Waals surface area (Å²) in [6.45, 7) is 4.36. The molecule has 0 spiro atoms. The molecule has 0 atom stereocenters. The fraction of sp³-hybridized carbons (Fsp3) is 0.211. The molecule has 0 bridgehead atoms. The molecule has 0 aliphatic rings. The van der Waals surface area contributed by atoms with Crippen molar-refractivity contribution in [3.8, 4) is 21.0 Å². The first-order valence-electron chi connectivity index (χ1n) is 7.44. The highest BCUT2D eigenvalue weighted by Crippen LogP contribution is 2.32. The molecule has 0 radical (unpaired) electrons.